The summed E-state index contributed by atoms with van der Waals surface area (Å²) in [6.07, 6.45) is 0.328. The van der Waals surface area contributed by atoms with Gasteiger partial charge in [0.05, 0.1) is 5.02 Å². The molecule has 0 radical (unpaired) electrons. The molecule has 1 aliphatic rings. The predicted molar refractivity (Wildman–Crippen MR) is 43.7 cm³/mol. The van der Waals surface area contributed by atoms with E-state index in [4.69, 9.17) is 11.6 Å². The topological polar surface area (TPSA) is 0 Å². The first-order valence-electron chi connectivity index (χ1n) is 3.77. The molecular weight excluding hydrogens is 182 g/mol. The van der Waals surface area contributed by atoms with Crippen LogP contribution in [0.3, 0.4) is 0 Å². The molecule has 64 valence electrons. The molecule has 0 aromatic heterocycles. The number of halogens is 3. The van der Waals surface area contributed by atoms with Crippen LogP contribution in [0.5, 0.6) is 0 Å². The second kappa shape index (κ2) is 2.43. The SMILES string of the molecule is FC1(F)CCc2cccc(Cl)c21. The highest BCUT2D eigenvalue weighted by Crippen LogP contribution is 2.44. The summed E-state index contributed by atoms with van der Waals surface area (Å²) in [7, 11) is 0. The second-order valence-electron chi connectivity index (χ2n) is 2.98. The lowest BCUT2D eigenvalue weighted by molar-refractivity contribution is -0.00173. The maximum Gasteiger partial charge on any atom is 0.275 e. The van der Waals surface area contributed by atoms with Crippen LogP contribution in [0.1, 0.15) is 17.5 Å². The third kappa shape index (κ3) is 1.02. The molecular formula is C9H7ClF2. The molecule has 0 amide bonds. The Kier molecular flexibility index (Phi) is 1.62. The Balaban J connectivity index is 2.64. The number of alkyl halides is 2. The van der Waals surface area contributed by atoms with Crippen molar-refractivity contribution in [1.82, 2.24) is 0 Å². The Bertz CT molecular complexity index is 320. The Hall–Kier alpha value is -0.630. The van der Waals surface area contributed by atoms with Gasteiger partial charge in [0.25, 0.3) is 5.92 Å². The van der Waals surface area contributed by atoms with Crippen LogP contribution in [0, 0.1) is 0 Å². The molecule has 2 rings (SSSR count). The first-order valence-corrected chi connectivity index (χ1v) is 4.15. The molecule has 0 atom stereocenters. The van der Waals surface area contributed by atoms with Gasteiger partial charge in [-0.3, -0.25) is 0 Å². The minimum absolute atomic E-state index is 0.0340. The highest BCUT2D eigenvalue weighted by molar-refractivity contribution is 6.31. The van der Waals surface area contributed by atoms with E-state index in [1.54, 1.807) is 12.1 Å². The van der Waals surface area contributed by atoms with E-state index < -0.39 is 5.92 Å². The van der Waals surface area contributed by atoms with Gasteiger partial charge in [-0.1, -0.05) is 23.7 Å². The van der Waals surface area contributed by atoms with E-state index in [0.29, 0.717) is 12.0 Å². The molecule has 0 N–H and O–H groups in total. The summed E-state index contributed by atoms with van der Waals surface area (Å²) in [5, 5.41) is 0.190. The van der Waals surface area contributed by atoms with Gasteiger partial charge in [-0.2, -0.15) is 0 Å². The molecule has 0 fully saturated rings. The van der Waals surface area contributed by atoms with Gasteiger partial charge < -0.3 is 0 Å². The van der Waals surface area contributed by atoms with Gasteiger partial charge in [0.1, 0.15) is 0 Å². The largest absolute Gasteiger partial charge is 0.275 e. The zero-order valence-electron chi connectivity index (χ0n) is 6.28. The summed E-state index contributed by atoms with van der Waals surface area (Å²) in [4.78, 5) is 0. The van der Waals surface area contributed by atoms with Gasteiger partial charge in [0.2, 0.25) is 0 Å². The van der Waals surface area contributed by atoms with Crippen molar-refractivity contribution >= 4 is 11.6 Å². The molecule has 0 bridgehead atoms. The van der Waals surface area contributed by atoms with Crippen molar-refractivity contribution in [1.29, 1.82) is 0 Å². The summed E-state index contributed by atoms with van der Waals surface area (Å²) in [6.45, 7) is 0. The molecule has 12 heavy (non-hydrogen) atoms. The Morgan fingerprint density at radius 1 is 1.33 bits per heavy atom. The molecule has 0 saturated carbocycles. The van der Waals surface area contributed by atoms with Crippen LogP contribution < -0.4 is 0 Å². The molecule has 0 unspecified atom stereocenters. The summed E-state index contributed by atoms with van der Waals surface area (Å²) < 4.78 is 26.2. The summed E-state index contributed by atoms with van der Waals surface area (Å²) in [6, 6.07) is 4.93. The van der Waals surface area contributed by atoms with Crippen molar-refractivity contribution in [2.75, 3.05) is 0 Å². The number of hydrogen-bond acceptors (Lipinski definition) is 0. The Morgan fingerprint density at radius 3 is 2.75 bits per heavy atom. The molecule has 0 heterocycles. The van der Waals surface area contributed by atoms with Crippen LogP contribution >= 0.6 is 11.6 Å². The third-order valence-electron chi connectivity index (χ3n) is 2.17. The average Bonchev–Trinajstić information content (AvgIpc) is 2.29. The molecule has 1 aromatic rings. The molecule has 0 aliphatic heterocycles. The van der Waals surface area contributed by atoms with E-state index in [1.165, 1.54) is 6.07 Å². The van der Waals surface area contributed by atoms with Gasteiger partial charge in [-0.25, -0.2) is 8.78 Å². The monoisotopic (exact) mass is 188 g/mol. The van der Waals surface area contributed by atoms with Gasteiger partial charge in [-0.05, 0) is 18.1 Å². The van der Waals surface area contributed by atoms with Crippen molar-refractivity contribution in [2.24, 2.45) is 0 Å². The van der Waals surface area contributed by atoms with E-state index in [2.05, 4.69) is 0 Å². The number of aryl methyl sites for hydroxylation is 1. The first-order chi connectivity index (χ1) is 5.61. The van der Waals surface area contributed by atoms with Crippen molar-refractivity contribution < 1.29 is 8.78 Å². The fraction of sp³-hybridized carbons (Fsp3) is 0.333. The lowest BCUT2D eigenvalue weighted by Crippen LogP contribution is -2.07. The van der Waals surface area contributed by atoms with Gasteiger partial charge >= 0.3 is 0 Å². The average molecular weight is 189 g/mol. The Labute approximate surface area is 74.2 Å². The molecule has 0 saturated heterocycles. The maximum atomic E-state index is 13.1. The van der Waals surface area contributed by atoms with E-state index in [0.717, 1.165) is 0 Å². The van der Waals surface area contributed by atoms with Crippen molar-refractivity contribution in [3.8, 4) is 0 Å². The van der Waals surface area contributed by atoms with Gasteiger partial charge in [-0.15, -0.1) is 0 Å². The van der Waals surface area contributed by atoms with Crippen molar-refractivity contribution in [3.05, 3.63) is 34.3 Å². The maximum absolute atomic E-state index is 13.1. The van der Waals surface area contributed by atoms with Gasteiger partial charge in [0.15, 0.2) is 0 Å². The molecule has 3 heteroatoms. The zero-order valence-corrected chi connectivity index (χ0v) is 7.04. The minimum Gasteiger partial charge on any atom is -0.201 e. The molecule has 0 spiro atoms. The van der Waals surface area contributed by atoms with Crippen molar-refractivity contribution in [3.63, 3.8) is 0 Å². The summed E-state index contributed by atoms with van der Waals surface area (Å²) >= 11 is 5.67. The van der Waals surface area contributed by atoms with E-state index in [1.807, 2.05) is 0 Å². The predicted octanol–water partition coefficient (Wildman–Crippen LogP) is 3.38. The van der Waals surface area contributed by atoms with E-state index in [9.17, 15) is 8.78 Å². The lowest BCUT2D eigenvalue weighted by Gasteiger charge is -2.10. The molecule has 1 aliphatic carbocycles. The highest BCUT2D eigenvalue weighted by Gasteiger charge is 2.40. The third-order valence-corrected chi connectivity index (χ3v) is 2.49. The minimum atomic E-state index is -2.71. The smallest absolute Gasteiger partial charge is 0.201 e. The van der Waals surface area contributed by atoms with Crippen LogP contribution in [-0.2, 0) is 12.3 Å². The number of hydrogen-bond donors (Lipinski definition) is 0. The van der Waals surface area contributed by atoms with Crippen LogP contribution in [0.15, 0.2) is 18.2 Å². The van der Waals surface area contributed by atoms with Crippen molar-refractivity contribution in [2.45, 2.75) is 18.8 Å². The number of benzene rings is 1. The van der Waals surface area contributed by atoms with Crippen LogP contribution in [-0.4, -0.2) is 0 Å². The first kappa shape index (κ1) is 7.99. The zero-order chi connectivity index (χ0) is 8.77. The van der Waals surface area contributed by atoms with Crippen LogP contribution in [0.4, 0.5) is 8.78 Å². The summed E-state index contributed by atoms with van der Waals surface area (Å²) in [5.74, 6) is -2.71. The fourth-order valence-electron chi connectivity index (χ4n) is 1.60. The molecule has 0 nitrogen and oxygen atoms in total. The van der Waals surface area contributed by atoms with E-state index in [-0.39, 0.29) is 17.0 Å². The molecule has 1 aromatic carbocycles. The number of rotatable bonds is 0. The van der Waals surface area contributed by atoms with Gasteiger partial charge in [0, 0.05) is 12.0 Å². The lowest BCUT2D eigenvalue weighted by atomic mass is 10.1. The van der Waals surface area contributed by atoms with Crippen LogP contribution in [0.2, 0.25) is 5.02 Å². The fourth-order valence-corrected chi connectivity index (χ4v) is 1.94. The summed E-state index contributed by atoms with van der Waals surface area (Å²) in [5.41, 5.74) is 0.721. The standard InChI is InChI=1S/C9H7ClF2/c10-7-3-1-2-6-4-5-9(11,12)8(6)7/h1-3H,4-5H2. The van der Waals surface area contributed by atoms with E-state index >= 15 is 0 Å². The Morgan fingerprint density at radius 2 is 2.08 bits per heavy atom. The quantitative estimate of drug-likeness (QED) is 0.586. The van der Waals surface area contributed by atoms with Crippen LogP contribution in [0.25, 0.3) is 0 Å². The normalized spacial score (nSPS) is 19.2. The number of fused-ring (bicyclic) bond motifs is 1. The second-order valence-corrected chi connectivity index (χ2v) is 3.39. The highest BCUT2D eigenvalue weighted by atomic mass is 35.5.